The minimum atomic E-state index is 0.163. The van der Waals surface area contributed by atoms with Gasteiger partial charge in [-0.1, -0.05) is 38.8 Å². The van der Waals surface area contributed by atoms with Crippen molar-refractivity contribution in [3.05, 3.63) is 29.3 Å². The molecule has 0 amide bonds. The lowest BCUT2D eigenvalue weighted by atomic mass is 10.2. The summed E-state index contributed by atoms with van der Waals surface area (Å²) in [4.78, 5) is 2.33. The van der Waals surface area contributed by atoms with Crippen molar-refractivity contribution in [2.75, 3.05) is 13.1 Å². The number of benzene rings is 1. The molecule has 3 heteroatoms. The molecule has 0 aliphatic heterocycles. The summed E-state index contributed by atoms with van der Waals surface area (Å²) >= 11 is 5.86. The number of halogens is 1. The Hall–Kier alpha value is -0.730. The summed E-state index contributed by atoms with van der Waals surface area (Å²) in [5.74, 6) is 0.889. The maximum Gasteiger partial charge on any atom is 0.152 e. The predicted molar refractivity (Wildman–Crippen MR) is 73.7 cm³/mol. The largest absolute Gasteiger partial charge is 0.475 e. The van der Waals surface area contributed by atoms with E-state index in [1.807, 2.05) is 24.3 Å². The number of ether oxygens (including phenoxy) is 1. The summed E-state index contributed by atoms with van der Waals surface area (Å²) in [5.41, 5.74) is 0. The molecule has 0 aliphatic carbocycles. The van der Waals surface area contributed by atoms with Gasteiger partial charge in [-0.15, -0.1) is 0 Å². The van der Waals surface area contributed by atoms with Gasteiger partial charge in [0, 0.05) is 5.02 Å². The van der Waals surface area contributed by atoms with Gasteiger partial charge < -0.3 is 4.74 Å². The summed E-state index contributed by atoms with van der Waals surface area (Å²) in [6.07, 6.45) is 2.33. The molecule has 0 bridgehead atoms. The molecule has 0 spiro atoms. The SMILES string of the molecule is CCCC(Oc1ccc(Cl)cc1)N(CC)CC. The Labute approximate surface area is 110 Å². The zero-order valence-corrected chi connectivity index (χ0v) is 11.7. The molecule has 0 saturated carbocycles. The van der Waals surface area contributed by atoms with Crippen LogP contribution < -0.4 is 4.74 Å². The van der Waals surface area contributed by atoms with E-state index in [0.717, 1.165) is 36.7 Å². The quantitative estimate of drug-likeness (QED) is 0.678. The molecule has 0 aromatic heterocycles. The Morgan fingerprint density at radius 3 is 2.18 bits per heavy atom. The van der Waals surface area contributed by atoms with Crippen LogP contribution in [0, 0.1) is 0 Å². The normalized spacial score (nSPS) is 12.8. The maximum atomic E-state index is 6.02. The minimum Gasteiger partial charge on any atom is -0.475 e. The molecule has 96 valence electrons. The van der Waals surface area contributed by atoms with Crippen LogP contribution in [0.4, 0.5) is 0 Å². The van der Waals surface area contributed by atoms with Crippen molar-refractivity contribution in [3.63, 3.8) is 0 Å². The van der Waals surface area contributed by atoms with Crippen molar-refractivity contribution in [1.29, 1.82) is 0 Å². The van der Waals surface area contributed by atoms with Gasteiger partial charge in [-0.05, 0) is 43.8 Å². The predicted octanol–water partition coefficient (Wildman–Crippen LogP) is 4.19. The number of hydrogen-bond donors (Lipinski definition) is 0. The van der Waals surface area contributed by atoms with Gasteiger partial charge in [-0.2, -0.15) is 0 Å². The molecule has 0 heterocycles. The second-order valence-electron chi connectivity index (χ2n) is 4.04. The zero-order chi connectivity index (χ0) is 12.7. The van der Waals surface area contributed by atoms with E-state index in [2.05, 4.69) is 25.7 Å². The molecule has 17 heavy (non-hydrogen) atoms. The molecule has 1 unspecified atom stereocenters. The van der Waals surface area contributed by atoms with Crippen LogP contribution in [-0.4, -0.2) is 24.2 Å². The molecule has 1 aromatic rings. The first-order valence-corrected chi connectivity index (χ1v) is 6.75. The summed E-state index contributed by atoms with van der Waals surface area (Å²) in [7, 11) is 0. The van der Waals surface area contributed by atoms with Gasteiger partial charge in [0.1, 0.15) is 5.75 Å². The maximum absolute atomic E-state index is 6.02. The van der Waals surface area contributed by atoms with E-state index in [1.54, 1.807) is 0 Å². The van der Waals surface area contributed by atoms with Crippen molar-refractivity contribution >= 4 is 11.6 Å². The van der Waals surface area contributed by atoms with E-state index in [0.29, 0.717) is 0 Å². The zero-order valence-electron chi connectivity index (χ0n) is 10.9. The summed E-state index contributed by atoms with van der Waals surface area (Å²) in [6, 6.07) is 7.58. The third-order valence-electron chi connectivity index (χ3n) is 2.84. The average Bonchev–Trinajstić information content (AvgIpc) is 2.34. The second kappa shape index (κ2) is 7.57. The molecular weight excluding hydrogens is 234 g/mol. The third kappa shape index (κ3) is 4.57. The Bertz CT molecular complexity index is 309. The number of hydrogen-bond acceptors (Lipinski definition) is 2. The summed E-state index contributed by atoms with van der Waals surface area (Å²) in [6.45, 7) is 8.53. The monoisotopic (exact) mass is 255 g/mol. The highest BCUT2D eigenvalue weighted by Gasteiger charge is 2.16. The molecule has 0 radical (unpaired) electrons. The topological polar surface area (TPSA) is 12.5 Å². The van der Waals surface area contributed by atoms with Crippen LogP contribution in [0.25, 0.3) is 0 Å². The van der Waals surface area contributed by atoms with Crippen molar-refractivity contribution in [1.82, 2.24) is 4.90 Å². The fourth-order valence-electron chi connectivity index (χ4n) is 1.86. The molecule has 0 aliphatic rings. The van der Waals surface area contributed by atoms with Gasteiger partial charge in [-0.3, -0.25) is 4.90 Å². The van der Waals surface area contributed by atoms with Crippen LogP contribution >= 0.6 is 11.6 Å². The first kappa shape index (κ1) is 14.3. The van der Waals surface area contributed by atoms with E-state index in [-0.39, 0.29) is 6.23 Å². The van der Waals surface area contributed by atoms with Gasteiger partial charge in [0.25, 0.3) is 0 Å². The lowest BCUT2D eigenvalue weighted by molar-refractivity contribution is 0.0255. The van der Waals surface area contributed by atoms with E-state index in [4.69, 9.17) is 16.3 Å². The van der Waals surface area contributed by atoms with Gasteiger partial charge in [-0.25, -0.2) is 0 Å². The van der Waals surface area contributed by atoms with Crippen LogP contribution in [0.1, 0.15) is 33.6 Å². The van der Waals surface area contributed by atoms with Crippen molar-refractivity contribution in [2.24, 2.45) is 0 Å². The van der Waals surface area contributed by atoms with E-state index in [1.165, 1.54) is 0 Å². The number of rotatable bonds is 7. The van der Waals surface area contributed by atoms with E-state index in [9.17, 15) is 0 Å². The fourth-order valence-corrected chi connectivity index (χ4v) is 1.99. The minimum absolute atomic E-state index is 0.163. The van der Waals surface area contributed by atoms with Crippen LogP contribution in [-0.2, 0) is 0 Å². The van der Waals surface area contributed by atoms with E-state index >= 15 is 0 Å². The van der Waals surface area contributed by atoms with Gasteiger partial charge >= 0.3 is 0 Å². The molecular formula is C14H22ClNO. The second-order valence-corrected chi connectivity index (χ2v) is 4.47. The van der Waals surface area contributed by atoms with Gasteiger partial charge in [0.15, 0.2) is 6.23 Å². The molecule has 1 rings (SSSR count). The first-order valence-electron chi connectivity index (χ1n) is 6.37. The summed E-state index contributed by atoms with van der Waals surface area (Å²) in [5, 5.41) is 0.743. The Morgan fingerprint density at radius 1 is 1.12 bits per heavy atom. The molecule has 1 aromatic carbocycles. The lowest BCUT2D eigenvalue weighted by Crippen LogP contribution is -2.39. The van der Waals surface area contributed by atoms with Crippen LogP contribution in [0.2, 0.25) is 5.02 Å². The van der Waals surface area contributed by atoms with Crippen LogP contribution in [0.3, 0.4) is 0 Å². The van der Waals surface area contributed by atoms with Crippen molar-refractivity contribution in [2.45, 2.75) is 39.8 Å². The Balaban J connectivity index is 2.68. The highest BCUT2D eigenvalue weighted by atomic mass is 35.5. The average molecular weight is 256 g/mol. The fraction of sp³-hybridized carbons (Fsp3) is 0.571. The molecule has 2 nitrogen and oxygen atoms in total. The summed E-state index contributed by atoms with van der Waals surface area (Å²) < 4.78 is 6.02. The van der Waals surface area contributed by atoms with Crippen molar-refractivity contribution < 1.29 is 4.74 Å². The molecule has 1 atom stereocenters. The van der Waals surface area contributed by atoms with Crippen molar-refractivity contribution in [3.8, 4) is 5.75 Å². The van der Waals surface area contributed by atoms with Crippen LogP contribution in [0.15, 0.2) is 24.3 Å². The van der Waals surface area contributed by atoms with E-state index < -0.39 is 0 Å². The third-order valence-corrected chi connectivity index (χ3v) is 3.09. The van der Waals surface area contributed by atoms with Crippen LogP contribution in [0.5, 0.6) is 5.75 Å². The molecule has 0 N–H and O–H groups in total. The Kier molecular flexibility index (Phi) is 6.38. The van der Waals surface area contributed by atoms with Gasteiger partial charge in [0.05, 0.1) is 0 Å². The Morgan fingerprint density at radius 2 is 1.71 bits per heavy atom. The smallest absolute Gasteiger partial charge is 0.152 e. The molecule has 0 saturated heterocycles. The standard InChI is InChI=1S/C14H22ClNO/c1-4-7-14(16(5-2)6-3)17-13-10-8-12(15)9-11-13/h8-11,14H,4-7H2,1-3H3. The lowest BCUT2D eigenvalue weighted by Gasteiger charge is -2.29. The van der Waals surface area contributed by atoms with Gasteiger partial charge in [0.2, 0.25) is 0 Å². The number of nitrogens with zero attached hydrogens (tertiary/aromatic N) is 1. The highest BCUT2D eigenvalue weighted by molar-refractivity contribution is 6.30. The molecule has 0 fully saturated rings. The first-order chi connectivity index (χ1) is 8.21. The highest BCUT2D eigenvalue weighted by Crippen LogP contribution is 2.19.